The molecule has 22 heavy (non-hydrogen) atoms. The lowest BCUT2D eigenvalue weighted by Gasteiger charge is -2.33. The molecule has 0 spiro atoms. The number of piperidine rings is 1. The lowest BCUT2D eigenvalue weighted by Crippen LogP contribution is -2.39. The van der Waals surface area contributed by atoms with Crippen LogP contribution in [-0.4, -0.2) is 34.2 Å². The predicted octanol–water partition coefficient (Wildman–Crippen LogP) is 3.07. The summed E-state index contributed by atoms with van der Waals surface area (Å²) in [6.07, 6.45) is 3.51. The molecule has 118 valence electrons. The summed E-state index contributed by atoms with van der Waals surface area (Å²) in [5, 5.41) is 9.74. The monoisotopic (exact) mass is 304 g/mol. The van der Waals surface area contributed by atoms with Crippen molar-refractivity contribution >= 4 is 0 Å². The minimum absolute atomic E-state index is 0.275. The summed E-state index contributed by atoms with van der Waals surface area (Å²) in [5.74, 6) is 0.468. The Morgan fingerprint density at radius 2 is 2.36 bits per heavy atom. The second-order valence-electron chi connectivity index (χ2n) is 6.03. The third kappa shape index (κ3) is 3.54. The van der Waals surface area contributed by atoms with E-state index >= 15 is 0 Å². The van der Waals surface area contributed by atoms with Crippen molar-refractivity contribution in [3.8, 4) is 11.5 Å². The fourth-order valence-corrected chi connectivity index (χ4v) is 2.99. The van der Waals surface area contributed by atoms with Gasteiger partial charge in [0, 0.05) is 18.7 Å². The number of aliphatic hydroxyl groups excluding tert-OH is 1. The van der Waals surface area contributed by atoms with Gasteiger partial charge in [-0.3, -0.25) is 4.90 Å². The maximum atomic E-state index is 13.2. The third-order valence-corrected chi connectivity index (χ3v) is 4.23. The summed E-state index contributed by atoms with van der Waals surface area (Å²) in [6.45, 7) is 4.43. The van der Waals surface area contributed by atoms with Crippen LogP contribution in [-0.2, 0) is 6.54 Å². The molecule has 0 radical (unpaired) electrons. The first-order chi connectivity index (χ1) is 10.6. The molecule has 2 heterocycles. The van der Waals surface area contributed by atoms with Crippen molar-refractivity contribution < 1.29 is 13.9 Å². The van der Waals surface area contributed by atoms with Gasteiger partial charge in [-0.25, -0.2) is 9.37 Å². The zero-order valence-electron chi connectivity index (χ0n) is 12.7. The molecule has 0 saturated carbocycles. The molecule has 3 rings (SSSR count). The van der Waals surface area contributed by atoms with Crippen molar-refractivity contribution in [1.82, 2.24) is 9.88 Å². The van der Waals surface area contributed by atoms with Crippen LogP contribution in [0.25, 0.3) is 11.5 Å². The van der Waals surface area contributed by atoms with Gasteiger partial charge in [-0.2, -0.15) is 0 Å². The number of aliphatic hydroxyl groups is 1. The second-order valence-corrected chi connectivity index (χ2v) is 6.03. The molecule has 2 atom stereocenters. The zero-order chi connectivity index (χ0) is 15.5. The molecule has 1 aliphatic heterocycles. The van der Waals surface area contributed by atoms with E-state index in [1.165, 1.54) is 12.1 Å². The highest BCUT2D eigenvalue weighted by atomic mass is 19.1. The van der Waals surface area contributed by atoms with Gasteiger partial charge in [0.05, 0.1) is 11.8 Å². The van der Waals surface area contributed by atoms with Gasteiger partial charge in [0.15, 0.2) is 0 Å². The Kier molecular flexibility index (Phi) is 4.55. The lowest BCUT2D eigenvalue weighted by atomic mass is 9.93. The van der Waals surface area contributed by atoms with E-state index in [1.807, 2.05) is 6.92 Å². The van der Waals surface area contributed by atoms with Crippen LogP contribution in [0.15, 0.2) is 34.9 Å². The third-order valence-electron chi connectivity index (χ3n) is 4.23. The maximum absolute atomic E-state index is 13.2. The molecule has 1 saturated heterocycles. The molecule has 1 aromatic carbocycles. The van der Waals surface area contributed by atoms with Crippen LogP contribution in [0.2, 0.25) is 0 Å². The molecule has 2 aromatic rings. The van der Waals surface area contributed by atoms with E-state index in [4.69, 9.17) is 4.42 Å². The summed E-state index contributed by atoms with van der Waals surface area (Å²) < 4.78 is 18.7. The summed E-state index contributed by atoms with van der Waals surface area (Å²) in [7, 11) is 0. The molecule has 1 aromatic heterocycles. The van der Waals surface area contributed by atoms with Gasteiger partial charge < -0.3 is 9.52 Å². The number of hydrogen-bond acceptors (Lipinski definition) is 4. The fraction of sp³-hybridized carbons (Fsp3) is 0.471. The smallest absolute Gasteiger partial charge is 0.226 e. The predicted molar refractivity (Wildman–Crippen MR) is 81.6 cm³/mol. The molecule has 0 amide bonds. The van der Waals surface area contributed by atoms with Gasteiger partial charge in [-0.15, -0.1) is 0 Å². The van der Waals surface area contributed by atoms with Crippen LogP contribution in [0.5, 0.6) is 0 Å². The summed E-state index contributed by atoms with van der Waals surface area (Å²) in [6, 6.07) is 6.24. The minimum atomic E-state index is -0.298. The Balaban J connectivity index is 1.67. The Labute approximate surface area is 129 Å². The zero-order valence-corrected chi connectivity index (χ0v) is 12.7. The average molecular weight is 304 g/mol. The molecule has 4 nitrogen and oxygen atoms in total. The van der Waals surface area contributed by atoms with Crippen molar-refractivity contribution in [3.63, 3.8) is 0 Å². The number of halogens is 1. The van der Waals surface area contributed by atoms with E-state index in [9.17, 15) is 9.50 Å². The first kappa shape index (κ1) is 15.2. The summed E-state index contributed by atoms with van der Waals surface area (Å²) >= 11 is 0. The first-order valence-corrected chi connectivity index (χ1v) is 7.72. The number of likely N-dealkylation sites (tertiary alicyclic amines) is 1. The standard InChI is InChI=1S/C17H21FN2O2/c1-12(21)14-5-3-7-20(9-14)10-16-11-22-17(19-16)13-4-2-6-15(18)8-13/h2,4,6,8,11-12,14,21H,3,5,7,9-10H2,1H3/t12-,14-/m1/s1. The van der Waals surface area contributed by atoms with Crippen LogP contribution in [0.1, 0.15) is 25.5 Å². The number of nitrogens with zero attached hydrogens (tertiary/aromatic N) is 2. The molecule has 1 aliphatic rings. The molecule has 0 unspecified atom stereocenters. The van der Waals surface area contributed by atoms with Crippen LogP contribution in [0, 0.1) is 11.7 Å². The fourth-order valence-electron chi connectivity index (χ4n) is 2.99. The number of hydrogen-bond donors (Lipinski definition) is 1. The normalized spacial score (nSPS) is 21.0. The van der Waals surface area contributed by atoms with Crippen molar-refractivity contribution in [2.75, 3.05) is 13.1 Å². The number of rotatable bonds is 4. The quantitative estimate of drug-likeness (QED) is 0.943. The van der Waals surface area contributed by atoms with E-state index in [1.54, 1.807) is 18.4 Å². The van der Waals surface area contributed by atoms with Crippen molar-refractivity contribution in [2.24, 2.45) is 5.92 Å². The van der Waals surface area contributed by atoms with Crippen molar-refractivity contribution in [2.45, 2.75) is 32.4 Å². The molecule has 0 bridgehead atoms. The number of benzene rings is 1. The van der Waals surface area contributed by atoms with E-state index < -0.39 is 0 Å². The Hall–Kier alpha value is -1.72. The van der Waals surface area contributed by atoms with E-state index in [2.05, 4.69) is 9.88 Å². The summed E-state index contributed by atoms with van der Waals surface area (Å²) in [4.78, 5) is 6.73. The molecule has 5 heteroatoms. The van der Waals surface area contributed by atoms with Crippen molar-refractivity contribution in [1.29, 1.82) is 0 Å². The van der Waals surface area contributed by atoms with E-state index in [0.717, 1.165) is 31.6 Å². The minimum Gasteiger partial charge on any atom is -0.444 e. The van der Waals surface area contributed by atoms with Crippen LogP contribution < -0.4 is 0 Å². The number of oxazole rings is 1. The molecule has 1 N–H and O–H groups in total. The Morgan fingerprint density at radius 1 is 1.50 bits per heavy atom. The highest BCUT2D eigenvalue weighted by Crippen LogP contribution is 2.23. The number of aromatic nitrogens is 1. The van der Waals surface area contributed by atoms with Gasteiger partial charge in [-0.05, 0) is 50.4 Å². The van der Waals surface area contributed by atoms with Crippen LogP contribution in [0.3, 0.4) is 0 Å². The van der Waals surface area contributed by atoms with Gasteiger partial charge in [0.2, 0.25) is 5.89 Å². The molecular weight excluding hydrogens is 283 g/mol. The molecule has 1 fully saturated rings. The highest BCUT2D eigenvalue weighted by Gasteiger charge is 2.24. The topological polar surface area (TPSA) is 49.5 Å². The Morgan fingerprint density at radius 3 is 3.14 bits per heavy atom. The van der Waals surface area contributed by atoms with Gasteiger partial charge in [-0.1, -0.05) is 6.07 Å². The van der Waals surface area contributed by atoms with Crippen LogP contribution in [0.4, 0.5) is 4.39 Å². The first-order valence-electron chi connectivity index (χ1n) is 7.72. The average Bonchev–Trinajstić information content (AvgIpc) is 2.96. The maximum Gasteiger partial charge on any atom is 0.226 e. The van der Waals surface area contributed by atoms with Crippen molar-refractivity contribution in [3.05, 3.63) is 42.0 Å². The van der Waals surface area contributed by atoms with E-state index in [-0.39, 0.29) is 11.9 Å². The highest BCUT2D eigenvalue weighted by molar-refractivity contribution is 5.52. The van der Waals surface area contributed by atoms with Gasteiger partial charge >= 0.3 is 0 Å². The second kappa shape index (κ2) is 6.58. The van der Waals surface area contributed by atoms with Gasteiger partial charge in [0.25, 0.3) is 0 Å². The Bertz CT molecular complexity index is 627. The van der Waals surface area contributed by atoms with E-state index in [0.29, 0.717) is 23.9 Å². The van der Waals surface area contributed by atoms with Crippen LogP contribution >= 0.6 is 0 Å². The van der Waals surface area contributed by atoms with Gasteiger partial charge in [0.1, 0.15) is 12.1 Å². The SMILES string of the molecule is C[C@@H](O)[C@@H]1CCCN(Cc2coc(-c3cccc(F)c3)n2)C1. The molecule has 0 aliphatic carbocycles. The summed E-state index contributed by atoms with van der Waals surface area (Å²) in [5.41, 5.74) is 1.48. The lowest BCUT2D eigenvalue weighted by molar-refractivity contribution is 0.0594. The molecular formula is C17H21FN2O2. The largest absolute Gasteiger partial charge is 0.444 e.